The number of para-hydroxylation sites is 1. The Bertz CT molecular complexity index is 1900. The predicted octanol–water partition coefficient (Wildman–Crippen LogP) is 5.43. The van der Waals surface area contributed by atoms with Crippen molar-refractivity contribution in [3.8, 4) is 22.7 Å². The standard InChI is InChI=1S/C31H25N5O2S/c1-3-38-25-15-16-26(21(2)18-25)29-23(20-35(34-29)24-12-8-5-9-13-24)19-27-30(37)36-31(39-27)32-28(33-36)17-14-22-10-6-4-7-11-22/h4-20H,3H2,1-2H3/b17-14+,27-19-. The van der Waals surface area contributed by atoms with E-state index in [9.17, 15) is 4.79 Å². The Morgan fingerprint density at radius 3 is 2.44 bits per heavy atom. The summed E-state index contributed by atoms with van der Waals surface area (Å²) in [6, 6.07) is 25.8. The lowest BCUT2D eigenvalue weighted by atomic mass is 10.0. The Hall–Kier alpha value is -4.82. The summed E-state index contributed by atoms with van der Waals surface area (Å²) >= 11 is 1.31. The second-order valence-corrected chi connectivity index (χ2v) is 9.96. The van der Waals surface area contributed by atoms with Crippen molar-refractivity contribution in [3.63, 3.8) is 0 Å². The number of hydrogen-bond acceptors (Lipinski definition) is 6. The monoisotopic (exact) mass is 531 g/mol. The number of ether oxygens (including phenoxy) is 1. The molecule has 0 atom stereocenters. The first-order chi connectivity index (χ1) is 19.1. The van der Waals surface area contributed by atoms with Crippen LogP contribution in [0.3, 0.4) is 0 Å². The van der Waals surface area contributed by atoms with Crippen molar-refractivity contribution in [2.45, 2.75) is 13.8 Å². The van der Waals surface area contributed by atoms with Gasteiger partial charge >= 0.3 is 0 Å². The van der Waals surface area contributed by atoms with Gasteiger partial charge in [-0.2, -0.15) is 14.6 Å². The van der Waals surface area contributed by atoms with Gasteiger partial charge in [-0.25, -0.2) is 4.68 Å². The third-order valence-electron chi connectivity index (χ3n) is 6.24. The van der Waals surface area contributed by atoms with Gasteiger partial charge in [0.1, 0.15) is 11.4 Å². The van der Waals surface area contributed by atoms with Gasteiger partial charge in [-0.05, 0) is 67.5 Å². The molecule has 0 radical (unpaired) electrons. The molecule has 3 aromatic carbocycles. The summed E-state index contributed by atoms with van der Waals surface area (Å²) in [5, 5.41) is 9.35. The van der Waals surface area contributed by atoms with E-state index in [1.54, 1.807) is 0 Å². The fourth-order valence-corrected chi connectivity index (χ4v) is 5.27. The molecule has 0 aliphatic carbocycles. The van der Waals surface area contributed by atoms with Crippen molar-refractivity contribution < 1.29 is 4.74 Å². The second kappa shape index (κ2) is 10.5. The number of thiazole rings is 1. The maximum atomic E-state index is 13.3. The van der Waals surface area contributed by atoms with Gasteiger partial charge in [-0.1, -0.05) is 65.9 Å². The summed E-state index contributed by atoms with van der Waals surface area (Å²) < 4.78 is 9.42. The number of aromatic nitrogens is 5. The van der Waals surface area contributed by atoms with Gasteiger partial charge in [-0.15, -0.1) is 5.10 Å². The van der Waals surface area contributed by atoms with Crippen LogP contribution in [0.25, 0.3) is 40.1 Å². The topological polar surface area (TPSA) is 74.3 Å². The Morgan fingerprint density at radius 1 is 0.949 bits per heavy atom. The minimum atomic E-state index is -0.205. The fraction of sp³-hybridized carbons (Fsp3) is 0.0968. The molecular formula is C31H25N5O2S. The Kier molecular flexibility index (Phi) is 6.61. The highest BCUT2D eigenvalue weighted by molar-refractivity contribution is 7.15. The lowest BCUT2D eigenvalue weighted by molar-refractivity contribution is 0.340. The lowest BCUT2D eigenvalue weighted by Gasteiger charge is -2.08. The average molecular weight is 532 g/mol. The summed E-state index contributed by atoms with van der Waals surface area (Å²) in [6.07, 6.45) is 7.57. The third-order valence-corrected chi connectivity index (χ3v) is 7.20. The van der Waals surface area contributed by atoms with Gasteiger partial charge < -0.3 is 4.74 Å². The lowest BCUT2D eigenvalue weighted by Crippen LogP contribution is -2.23. The van der Waals surface area contributed by atoms with Crippen molar-refractivity contribution in [1.29, 1.82) is 0 Å². The molecule has 3 aromatic heterocycles. The SMILES string of the molecule is CCOc1ccc(-c2nn(-c3ccccc3)cc2/C=c2\sc3nc(/C=C/c4ccccc4)nn3c2=O)c(C)c1. The molecule has 0 aliphatic heterocycles. The highest BCUT2D eigenvalue weighted by atomic mass is 32.1. The zero-order valence-electron chi connectivity index (χ0n) is 21.5. The van der Waals surface area contributed by atoms with Crippen LogP contribution in [-0.4, -0.2) is 31.0 Å². The zero-order valence-corrected chi connectivity index (χ0v) is 22.3. The highest BCUT2D eigenvalue weighted by Crippen LogP contribution is 2.30. The fourth-order valence-electron chi connectivity index (χ4n) is 4.37. The van der Waals surface area contributed by atoms with Crippen LogP contribution >= 0.6 is 11.3 Å². The molecule has 0 saturated heterocycles. The number of benzene rings is 3. The molecule has 0 aliphatic rings. The molecule has 0 saturated carbocycles. The number of rotatable bonds is 7. The number of nitrogens with zero attached hydrogens (tertiary/aromatic N) is 5. The van der Waals surface area contributed by atoms with Gasteiger partial charge in [0.15, 0.2) is 5.82 Å². The molecule has 3 heterocycles. The van der Waals surface area contributed by atoms with Crippen molar-refractivity contribution in [3.05, 3.63) is 122 Å². The largest absolute Gasteiger partial charge is 0.494 e. The molecule has 39 heavy (non-hydrogen) atoms. The molecule has 0 N–H and O–H groups in total. The van der Waals surface area contributed by atoms with Crippen molar-refractivity contribution >= 4 is 34.5 Å². The molecule has 0 amide bonds. The van der Waals surface area contributed by atoms with Gasteiger partial charge in [0.25, 0.3) is 5.56 Å². The Morgan fingerprint density at radius 2 is 1.72 bits per heavy atom. The zero-order chi connectivity index (χ0) is 26.8. The van der Waals surface area contributed by atoms with Gasteiger partial charge in [0, 0.05) is 17.3 Å². The summed E-state index contributed by atoms with van der Waals surface area (Å²) in [6.45, 7) is 4.61. The number of hydrogen-bond donors (Lipinski definition) is 0. The molecule has 8 heteroatoms. The van der Waals surface area contributed by atoms with Crippen LogP contribution in [0.2, 0.25) is 0 Å². The molecule has 6 aromatic rings. The maximum Gasteiger partial charge on any atom is 0.291 e. The van der Waals surface area contributed by atoms with Crippen LogP contribution in [0, 0.1) is 6.92 Å². The van der Waals surface area contributed by atoms with E-state index >= 15 is 0 Å². The molecule has 7 nitrogen and oxygen atoms in total. The van der Waals surface area contributed by atoms with E-state index in [1.165, 1.54) is 15.9 Å². The Balaban J connectivity index is 1.43. The van der Waals surface area contributed by atoms with E-state index in [-0.39, 0.29) is 5.56 Å². The summed E-state index contributed by atoms with van der Waals surface area (Å²) in [5.74, 6) is 1.31. The van der Waals surface area contributed by atoms with Crippen LogP contribution in [0.15, 0.2) is 89.9 Å². The number of fused-ring (bicyclic) bond motifs is 1. The quantitative estimate of drug-likeness (QED) is 0.275. The molecule has 0 spiro atoms. The predicted molar refractivity (Wildman–Crippen MR) is 156 cm³/mol. The van der Waals surface area contributed by atoms with Crippen LogP contribution in [-0.2, 0) is 0 Å². The first kappa shape index (κ1) is 24.5. The first-order valence-corrected chi connectivity index (χ1v) is 13.4. The Labute approximate surface area is 229 Å². The summed E-state index contributed by atoms with van der Waals surface area (Å²) in [5.41, 5.74) is 5.39. The average Bonchev–Trinajstić information content (AvgIpc) is 3.64. The summed E-state index contributed by atoms with van der Waals surface area (Å²) in [7, 11) is 0. The minimum Gasteiger partial charge on any atom is -0.494 e. The van der Waals surface area contributed by atoms with Crippen molar-refractivity contribution in [2.24, 2.45) is 0 Å². The minimum absolute atomic E-state index is 0.205. The van der Waals surface area contributed by atoms with Gasteiger partial charge in [0.05, 0.1) is 16.8 Å². The number of aryl methyl sites for hydroxylation is 1. The van der Waals surface area contributed by atoms with Crippen LogP contribution in [0.1, 0.15) is 29.4 Å². The van der Waals surface area contributed by atoms with E-state index in [1.807, 2.05) is 122 Å². The van der Waals surface area contributed by atoms with Crippen molar-refractivity contribution in [1.82, 2.24) is 24.4 Å². The smallest absolute Gasteiger partial charge is 0.291 e. The summed E-state index contributed by atoms with van der Waals surface area (Å²) in [4.78, 5) is 18.4. The van der Waals surface area contributed by atoms with Crippen LogP contribution in [0.4, 0.5) is 0 Å². The normalized spacial score (nSPS) is 12.1. The maximum absolute atomic E-state index is 13.3. The van der Waals surface area contributed by atoms with E-state index < -0.39 is 0 Å². The van der Waals surface area contributed by atoms with Gasteiger partial charge in [0.2, 0.25) is 4.96 Å². The molecule has 6 rings (SSSR count). The highest BCUT2D eigenvalue weighted by Gasteiger charge is 2.16. The molecule has 0 bridgehead atoms. The second-order valence-electron chi connectivity index (χ2n) is 8.95. The third kappa shape index (κ3) is 5.02. The van der Waals surface area contributed by atoms with Crippen LogP contribution in [0.5, 0.6) is 5.75 Å². The van der Waals surface area contributed by atoms with E-state index in [4.69, 9.17) is 9.84 Å². The molecule has 192 valence electrons. The first-order valence-electron chi connectivity index (χ1n) is 12.6. The van der Waals surface area contributed by atoms with E-state index in [2.05, 4.69) is 10.1 Å². The van der Waals surface area contributed by atoms with Crippen LogP contribution < -0.4 is 14.8 Å². The van der Waals surface area contributed by atoms with Crippen molar-refractivity contribution in [2.75, 3.05) is 6.61 Å². The molecule has 0 fully saturated rings. The van der Waals surface area contributed by atoms with E-state index in [0.717, 1.165) is 39.4 Å². The van der Waals surface area contributed by atoms with Gasteiger partial charge in [-0.3, -0.25) is 4.79 Å². The van der Waals surface area contributed by atoms with E-state index in [0.29, 0.717) is 21.9 Å². The molecular weight excluding hydrogens is 506 g/mol. The molecule has 0 unspecified atom stereocenters.